The molecule has 0 aliphatic heterocycles. The van der Waals surface area contributed by atoms with Gasteiger partial charge in [-0.3, -0.25) is 4.90 Å². The van der Waals surface area contributed by atoms with Crippen LogP contribution in [0.3, 0.4) is 0 Å². The zero-order chi connectivity index (χ0) is 15.1. The van der Waals surface area contributed by atoms with Gasteiger partial charge in [0, 0.05) is 11.4 Å². The van der Waals surface area contributed by atoms with Gasteiger partial charge in [-0.25, -0.2) is 0 Å². The highest BCUT2D eigenvalue weighted by atomic mass is 32.1. The predicted octanol–water partition coefficient (Wildman–Crippen LogP) is 3.76. The van der Waals surface area contributed by atoms with E-state index in [-0.39, 0.29) is 0 Å². The first-order valence-corrected chi connectivity index (χ1v) is 8.50. The smallest absolute Gasteiger partial charge is 0.118 e. The zero-order valence-corrected chi connectivity index (χ0v) is 14.1. The van der Waals surface area contributed by atoms with Crippen molar-refractivity contribution < 1.29 is 4.42 Å². The molecule has 2 heterocycles. The summed E-state index contributed by atoms with van der Waals surface area (Å²) in [6.45, 7) is 8.19. The maximum atomic E-state index is 5.87. The van der Waals surface area contributed by atoms with Gasteiger partial charge in [0.2, 0.25) is 0 Å². The Morgan fingerprint density at radius 3 is 2.76 bits per heavy atom. The lowest BCUT2D eigenvalue weighted by Crippen LogP contribution is -2.20. The average Bonchev–Trinajstić information content (AvgIpc) is 3.08. The van der Waals surface area contributed by atoms with Gasteiger partial charge in [0.25, 0.3) is 0 Å². The minimum absolute atomic E-state index is 0.669. The number of likely N-dealkylation sites (N-methyl/N-ethyl adjacent to an activating group) is 1. The summed E-state index contributed by atoms with van der Waals surface area (Å²) in [5.74, 6) is 2.74. The Balaban J connectivity index is 1.71. The SMILES string of the molecule is CC(C)CNCc1ccc(CN(C)CCc2cccs2)o1. The number of hydrogen-bond acceptors (Lipinski definition) is 4. The van der Waals surface area contributed by atoms with E-state index in [2.05, 4.69) is 60.8 Å². The molecule has 2 rings (SSSR count). The number of hydrogen-bond donors (Lipinski definition) is 1. The molecule has 0 radical (unpaired) electrons. The molecule has 1 N–H and O–H groups in total. The molecule has 4 heteroatoms. The van der Waals surface area contributed by atoms with Crippen molar-refractivity contribution in [3.8, 4) is 0 Å². The van der Waals surface area contributed by atoms with Gasteiger partial charge in [-0.15, -0.1) is 11.3 Å². The van der Waals surface area contributed by atoms with E-state index in [0.717, 1.165) is 44.1 Å². The zero-order valence-electron chi connectivity index (χ0n) is 13.3. The monoisotopic (exact) mass is 306 g/mol. The Kier molecular flexibility index (Phi) is 6.49. The summed E-state index contributed by atoms with van der Waals surface area (Å²) in [6, 6.07) is 8.48. The third-order valence-corrected chi connectivity index (χ3v) is 4.25. The van der Waals surface area contributed by atoms with Crippen molar-refractivity contribution in [2.24, 2.45) is 5.92 Å². The van der Waals surface area contributed by atoms with E-state index in [4.69, 9.17) is 4.42 Å². The van der Waals surface area contributed by atoms with Gasteiger partial charge < -0.3 is 9.73 Å². The molecule has 0 atom stereocenters. The van der Waals surface area contributed by atoms with E-state index >= 15 is 0 Å². The molecule has 0 aromatic carbocycles. The molecule has 0 fully saturated rings. The van der Waals surface area contributed by atoms with Crippen LogP contribution in [0, 0.1) is 5.92 Å². The molecule has 0 aliphatic carbocycles. The van der Waals surface area contributed by atoms with Crippen molar-refractivity contribution in [1.82, 2.24) is 10.2 Å². The molecule has 0 aliphatic rings. The summed E-state index contributed by atoms with van der Waals surface area (Å²) in [4.78, 5) is 3.75. The first kappa shape index (κ1) is 16.3. The largest absolute Gasteiger partial charge is 0.463 e. The van der Waals surface area contributed by atoms with Crippen molar-refractivity contribution in [2.45, 2.75) is 33.4 Å². The van der Waals surface area contributed by atoms with Crippen LogP contribution in [0.5, 0.6) is 0 Å². The maximum Gasteiger partial charge on any atom is 0.118 e. The van der Waals surface area contributed by atoms with Gasteiger partial charge in [-0.1, -0.05) is 19.9 Å². The second-order valence-electron chi connectivity index (χ2n) is 5.96. The van der Waals surface area contributed by atoms with Crippen LogP contribution in [-0.2, 0) is 19.5 Å². The van der Waals surface area contributed by atoms with Crippen molar-refractivity contribution in [1.29, 1.82) is 0 Å². The molecule has 0 spiro atoms. The first-order valence-electron chi connectivity index (χ1n) is 7.62. The second kappa shape index (κ2) is 8.37. The van der Waals surface area contributed by atoms with Crippen LogP contribution in [0.2, 0.25) is 0 Å². The lowest BCUT2D eigenvalue weighted by molar-refractivity contribution is 0.293. The normalized spacial score (nSPS) is 11.7. The Hall–Kier alpha value is -1.10. The number of furan rings is 1. The molecule has 0 saturated heterocycles. The summed E-state index contributed by atoms with van der Waals surface area (Å²) in [5.41, 5.74) is 0. The summed E-state index contributed by atoms with van der Waals surface area (Å²) in [7, 11) is 2.15. The van der Waals surface area contributed by atoms with Crippen LogP contribution >= 0.6 is 11.3 Å². The highest BCUT2D eigenvalue weighted by Gasteiger charge is 2.06. The molecular weight excluding hydrogens is 280 g/mol. The third-order valence-electron chi connectivity index (χ3n) is 3.31. The molecule has 2 aromatic rings. The van der Waals surface area contributed by atoms with E-state index in [9.17, 15) is 0 Å². The minimum Gasteiger partial charge on any atom is -0.463 e. The highest BCUT2D eigenvalue weighted by Crippen LogP contribution is 2.12. The summed E-state index contributed by atoms with van der Waals surface area (Å²) < 4.78 is 5.87. The van der Waals surface area contributed by atoms with Crippen molar-refractivity contribution in [3.63, 3.8) is 0 Å². The summed E-state index contributed by atoms with van der Waals surface area (Å²) >= 11 is 1.83. The van der Waals surface area contributed by atoms with Gasteiger partial charge in [0.1, 0.15) is 11.5 Å². The molecule has 0 unspecified atom stereocenters. The predicted molar refractivity (Wildman–Crippen MR) is 89.6 cm³/mol. The topological polar surface area (TPSA) is 28.4 Å². The Morgan fingerprint density at radius 1 is 1.24 bits per heavy atom. The Morgan fingerprint density at radius 2 is 2.05 bits per heavy atom. The van der Waals surface area contributed by atoms with Crippen LogP contribution in [0.1, 0.15) is 30.2 Å². The lowest BCUT2D eigenvalue weighted by Gasteiger charge is -2.14. The summed E-state index contributed by atoms with van der Waals surface area (Å²) in [6.07, 6.45) is 1.11. The van der Waals surface area contributed by atoms with Gasteiger partial charge in [0.05, 0.1) is 13.1 Å². The Bertz CT molecular complexity index is 505. The molecule has 3 nitrogen and oxygen atoms in total. The molecule has 0 amide bonds. The van der Waals surface area contributed by atoms with Crippen LogP contribution in [0.4, 0.5) is 0 Å². The average molecular weight is 306 g/mol. The second-order valence-corrected chi connectivity index (χ2v) is 6.99. The van der Waals surface area contributed by atoms with Crippen LogP contribution < -0.4 is 5.32 Å². The van der Waals surface area contributed by atoms with Crippen LogP contribution in [-0.4, -0.2) is 25.0 Å². The fourth-order valence-electron chi connectivity index (χ4n) is 2.19. The Labute approximate surface area is 132 Å². The van der Waals surface area contributed by atoms with Gasteiger partial charge >= 0.3 is 0 Å². The standard InChI is InChI=1S/C17H26N2OS/c1-14(2)11-18-12-15-6-7-16(20-15)13-19(3)9-8-17-5-4-10-21-17/h4-7,10,14,18H,8-9,11-13H2,1-3H3. The molecule has 0 bridgehead atoms. The number of rotatable bonds is 9. The van der Waals surface area contributed by atoms with Crippen LogP contribution in [0.25, 0.3) is 0 Å². The van der Waals surface area contributed by atoms with E-state index in [1.54, 1.807) is 0 Å². The number of nitrogens with zero attached hydrogens (tertiary/aromatic N) is 1. The van der Waals surface area contributed by atoms with Crippen molar-refractivity contribution >= 4 is 11.3 Å². The van der Waals surface area contributed by atoms with Gasteiger partial charge in [0.15, 0.2) is 0 Å². The third kappa shape index (κ3) is 6.04. The highest BCUT2D eigenvalue weighted by molar-refractivity contribution is 7.09. The van der Waals surface area contributed by atoms with Gasteiger partial charge in [-0.2, -0.15) is 0 Å². The lowest BCUT2D eigenvalue weighted by atomic mass is 10.2. The molecular formula is C17H26N2OS. The van der Waals surface area contributed by atoms with Crippen LogP contribution in [0.15, 0.2) is 34.1 Å². The van der Waals surface area contributed by atoms with E-state index < -0.39 is 0 Å². The number of nitrogens with one attached hydrogen (secondary N) is 1. The van der Waals surface area contributed by atoms with Crippen molar-refractivity contribution in [2.75, 3.05) is 20.1 Å². The first-order chi connectivity index (χ1) is 10.1. The molecule has 2 aromatic heterocycles. The van der Waals surface area contributed by atoms with Gasteiger partial charge in [-0.05, 0) is 49.5 Å². The van der Waals surface area contributed by atoms with E-state index in [1.165, 1.54) is 4.88 Å². The molecule has 116 valence electrons. The maximum absolute atomic E-state index is 5.87. The fourth-order valence-corrected chi connectivity index (χ4v) is 2.89. The quantitative estimate of drug-likeness (QED) is 0.764. The molecule has 21 heavy (non-hydrogen) atoms. The minimum atomic E-state index is 0.669. The molecule has 0 saturated carbocycles. The fraction of sp³-hybridized carbons (Fsp3) is 0.529. The summed E-state index contributed by atoms with van der Waals surface area (Å²) in [5, 5.41) is 5.54. The number of thiophene rings is 1. The van der Waals surface area contributed by atoms with E-state index in [0.29, 0.717) is 5.92 Å². The van der Waals surface area contributed by atoms with E-state index in [1.807, 2.05) is 11.3 Å². The van der Waals surface area contributed by atoms with Crippen molar-refractivity contribution in [3.05, 3.63) is 46.0 Å².